The molecular weight excluding hydrogens is 450 g/mol. The third kappa shape index (κ3) is 11.3. The molecule has 182 valence electrons. The molecule has 0 saturated carbocycles. The van der Waals surface area contributed by atoms with E-state index >= 15 is 0 Å². The molecule has 1 aromatic rings. The summed E-state index contributed by atoms with van der Waals surface area (Å²) < 4.78 is 0. The number of carboxylic acid groups (broad SMARTS) is 1. The van der Waals surface area contributed by atoms with Crippen LogP contribution in [-0.4, -0.2) is 71.4 Å². The van der Waals surface area contributed by atoms with E-state index in [4.69, 9.17) is 16.6 Å². The van der Waals surface area contributed by atoms with Gasteiger partial charge < -0.3 is 32.5 Å². The van der Waals surface area contributed by atoms with Crippen molar-refractivity contribution < 1.29 is 29.1 Å². The summed E-state index contributed by atoms with van der Waals surface area (Å²) in [6.45, 7) is -0.596. The molecule has 33 heavy (non-hydrogen) atoms. The second kappa shape index (κ2) is 14.9. The maximum absolute atomic E-state index is 13.0. The van der Waals surface area contributed by atoms with Gasteiger partial charge in [-0.3, -0.25) is 24.0 Å². The van der Waals surface area contributed by atoms with E-state index in [9.17, 15) is 24.0 Å². The monoisotopic (exact) mass is 481 g/mol. The Balaban J connectivity index is 2.93. The number of primary amides is 1. The Kier molecular flexibility index (Phi) is 12.6. The van der Waals surface area contributed by atoms with Crippen LogP contribution in [-0.2, 0) is 30.4 Å². The molecule has 8 N–H and O–H groups in total. The summed E-state index contributed by atoms with van der Waals surface area (Å²) in [4.78, 5) is 59.7. The zero-order valence-electron chi connectivity index (χ0n) is 18.4. The quantitative estimate of drug-likeness (QED) is 0.179. The van der Waals surface area contributed by atoms with Gasteiger partial charge in [-0.05, 0) is 30.4 Å². The first kappa shape index (κ1) is 27.9. The summed E-state index contributed by atoms with van der Waals surface area (Å²) in [6, 6.07) is 5.84. The number of carboxylic acids is 1. The van der Waals surface area contributed by atoms with Crippen LogP contribution < -0.4 is 27.4 Å². The molecule has 11 nitrogen and oxygen atoms in total. The maximum Gasteiger partial charge on any atom is 0.322 e. The predicted octanol–water partition coefficient (Wildman–Crippen LogP) is -1.25. The van der Waals surface area contributed by atoms with Crippen molar-refractivity contribution in [3.05, 3.63) is 35.9 Å². The minimum Gasteiger partial charge on any atom is -0.480 e. The van der Waals surface area contributed by atoms with Crippen molar-refractivity contribution in [1.29, 1.82) is 0 Å². The van der Waals surface area contributed by atoms with E-state index in [0.717, 1.165) is 5.56 Å². The Labute approximate surface area is 196 Å². The molecule has 0 heterocycles. The predicted molar refractivity (Wildman–Crippen MR) is 124 cm³/mol. The molecule has 0 aromatic heterocycles. The van der Waals surface area contributed by atoms with Crippen LogP contribution in [0.15, 0.2) is 30.3 Å². The molecule has 1 rings (SSSR count). The summed E-state index contributed by atoms with van der Waals surface area (Å²) in [6.07, 6.45) is 2.20. The Morgan fingerprint density at radius 3 is 2.18 bits per heavy atom. The summed E-state index contributed by atoms with van der Waals surface area (Å²) >= 11 is 1.47. The van der Waals surface area contributed by atoms with Crippen LogP contribution in [0.4, 0.5) is 0 Å². The van der Waals surface area contributed by atoms with Crippen LogP contribution >= 0.6 is 11.8 Å². The molecule has 0 aliphatic carbocycles. The van der Waals surface area contributed by atoms with E-state index < -0.39 is 54.3 Å². The number of thioether (sulfide) groups is 1. The van der Waals surface area contributed by atoms with E-state index in [2.05, 4.69) is 16.0 Å². The van der Waals surface area contributed by atoms with Gasteiger partial charge in [-0.2, -0.15) is 11.8 Å². The lowest BCUT2D eigenvalue weighted by Crippen LogP contribution is -2.56. The second-order valence-corrected chi connectivity index (χ2v) is 8.30. The summed E-state index contributed by atoms with van der Waals surface area (Å²) in [5.41, 5.74) is 11.6. The lowest BCUT2D eigenvalue weighted by Gasteiger charge is -2.24. The van der Waals surface area contributed by atoms with Crippen LogP contribution in [0.3, 0.4) is 0 Å². The first-order valence-electron chi connectivity index (χ1n) is 10.3. The maximum atomic E-state index is 13.0. The number of nitrogens with one attached hydrogen (secondary N) is 3. The van der Waals surface area contributed by atoms with Gasteiger partial charge in [0.05, 0.1) is 6.04 Å². The zero-order valence-corrected chi connectivity index (χ0v) is 19.2. The average Bonchev–Trinajstić information content (AvgIpc) is 2.78. The summed E-state index contributed by atoms with van der Waals surface area (Å²) in [5.74, 6) is -3.15. The van der Waals surface area contributed by atoms with Crippen molar-refractivity contribution in [2.75, 3.05) is 18.6 Å². The van der Waals surface area contributed by atoms with Gasteiger partial charge in [0.25, 0.3) is 0 Å². The Bertz CT molecular complexity index is 823. The number of amides is 4. The van der Waals surface area contributed by atoms with E-state index in [0.29, 0.717) is 5.75 Å². The Morgan fingerprint density at radius 2 is 1.61 bits per heavy atom. The van der Waals surface area contributed by atoms with Crippen molar-refractivity contribution in [3.8, 4) is 0 Å². The van der Waals surface area contributed by atoms with Crippen molar-refractivity contribution in [2.45, 2.75) is 43.8 Å². The van der Waals surface area contributed by atoms with Gasteiger partial charge >= 0.3 is 5.97 Å². The highest BCUT2D eigenvalue weighted by Crippen LogP contribution is 2.07. The highest BCUT2D eigenvalue weighted by molar-refractivity contribution is 7.98. The number of hydrogen-bond acceptors (Lipinski definition) is 7. The lowest BCUT2D eigenvalue weighted by atomic mass is 10.0. The molecular formula is C21H31N5O6S. The molecule has 4 amide bonds. The fourth-order valence-electron chi connectivity index (χ4n) is 2.83. The van der Waals surface area contributed by atoms with Gasteiger partial charge in [0.1, 0.15) is 18.6 Å². The van der Waals surface area contributed by atoms with Gasteiger partial charge in [0.2, 0.25) is 23.6 Å². The average molecular weight is 482 g/mol. The number of nitrogens with two attached hydrogens (primary N) is 2. The molecule has 0 spiro atoms. The number of rotatable bonds is 15. The topological polar surface area (TPSA) is 194 Å². The van der Waals surface area contributed by atoms with Crippen LogP contribution in [0.25, 0.3) is 0 Å². The van der Waals surface area contributed by atoms with Crippen LogP contribution in [0.2, 0.25) is 0 Å². The van der Waals surface area contributed by atoms with Crippen molar-refractivity contribution in [1.82, 2.24) is 16.0 Å². The molecule has 0 aliphatic rings. The first-order valence-corrected chi connectivity index (χ1v) is 11.7. The van der Waals surface area contributed by atoms with Gasteiger partial charge in [0.15, 0.2) is 0 Å². The third-order valence-corrected chi connectivity index (χ3v) is 5.26. The zero-order chi connectivity index (χ0) is 24.8. The fourth-order valence-corrected chi connectivity index (χ4v) is 3.30. The van der Waals surface area contributed by atoms with Crippen LogP contribution in [0.5, 0.6) is 0 Å². The molecule has 0 fully saturated rings. The minimum atomic E-state index is -1.22. The van der Waals surface area contributed by atoms with Crippen molar-refractivity contribution >= 4 is 41.4 Å². The Morgan fingerprint density at radius 1 is 0.970 bits per heavy atom. The highest BCUT2D eigenvalue weighted by atomic mass is 32.2. The van der Waals surface area contributed by atoms with Gasteiger partial charge in [-0.25, -0.2) is 0 Å². The highest BCUT2D eigenvalue weighted by Gasteiger charge is 2.28. The van der Waals surface area contributed by atoms with Crippen molar-refractivity contribution in [3.63, 3.8) is 0 Å². The smallest absolute Gasteiger partial charge is 0.322 e. The third-order valence-electron chi connectivity index (χ3n) is 4.61. The summed E-state index contributed by atoms with van der Waals surface area (Å²) in [7, 11) is 0. The summed E-state index contributed by atoms with van der Waals surface area (Å²) in [5, 5.41) is 16.3. The molecule has 0 aliphatic heterocycles. The lowest BCUT2D eigenvalue weighted by molar-refractivity contribution is -0.138. The molecule has 3 unspecified atom stereocenters. The van der Waals surface area contributed by atoms with Crippen LogP contribution in [0.1, 0.15) is 24.8 Å². The molecule has 1 aromatic carbocycles. The SMILES string of the molecule is CSCCC(NC(=O)C(N)CCC(N)=O)C(=O)NC(Cc1ccccc1)C(=O)NCC(=O)O. The first-order chi connectivity index (χ1) is 15.6. The second-order valence-electron chi connectivity index (χ2n) is 7.32. The van der Waals surface area contributed by atoms with E-state index in [1.807, 2.05) is 6.26 Å². The van der Waals surface area contributed by atoms with Crippen molar-refractivity contribution in [2.24, 2.45) is 11.5 Å². The minimum absolute atomic E-state index is 0.0340. The number of carbonyl (C=O) groups excluding carboxylic acids is 4. The van der Waals surface area contributed by atoms with Crippen LogP contribution in [0, 0.1) is 0 Å². The van der Waals surface area contributed by atoms with Gasteiger partial charge in [0, 0.05) is 12.8 Å². The van der Waals surface area contributed by atoms with E-state index in [1.165, 1.54) is 11.8 Å². The largest absolute Gasteiger partial charge is 0.480 e. The normalized spacial score (nSPS) is 13.3. The van der Waals surface area contributed by atoms with Gasteiger partial charge in [-0.15, -0.1) is 0 Å². The standard InChI is InChI=1S/C21H31N5O6S/c1-33-10-9-15(25-19(30)14(22)7-8-17(23)27)21(32)26-16(20(31)24-12-18(28)29)11-13-5-3-2-4-6-13/h2-6,14-16H,7-12,22H2,1H3,(H2,23,27)(H,24,31)(H,25,30)(H,26,32)(H,28,29). The van der Waals surface area contributed by atoms with E-state index in [-0.39, 0.29) is 25.7 Å². The molecule has 0 bridgehead atoms. The number of carbonyl (C=O) groups is 5. The molecule has 0 saturated heterocycles. The van der Waals surface area contributed by atoms with Gasteiger partial charge in [-0.1, -0.05) is 30.3 Å². The number of hydrogen-bond donors (Lipinski definition) is 6. The number of aliphatic carboxylic acids is 1. The van der Waals surface area contributed by atoms with E-state index in [1.54, 1.807) is 30.3 Å². The molecule has 3 atom stereocenters. The Hall–Kier alpha value is -3.12. The molecule has 0 radical (unpaired) electrons. The fraction of sp³-hybridized carbons (Fsp3) is 0.476. The molecule has 12 heteroatoms. The number of benzene rings is 1.